The lowest BCUT2D eigenvalue weighted by Gasteiger charge is -2.32. The number of amides is 2. The maximum absolute atomic E-state index is 13.9. The summed E-state index contributed by atoms with van der Waals surface area (Å²) in [7, 11) is -4.18. The number of carbonyl (C=O) groups excluding carboxylic acids is 2. The number of hydrogen-bond donors (Lipinski definition) is 1. The summed E-state index contributed by atoms with van der Waals surface area (Å²) in [5.74, 6) is -1.02. The molecule has 202 valence electrons. The van der Waals surface area contributed by atoms with E-state index in [1.165, 1.54) is 29.2 Å². The zero-order chi connectivity index (χ0) is 28.0. The van der Waals surface area contributed by atoms with Crippen LogP contribution in [0.3, 0.4) is 0 Å². The number of hydrogen-bond acceptors (Lipinski definition) is 4. The highest BCUT2D eigenvalue weighted by Gasteiger charge is 2.33. The van der Waals surface area contributed by atoms with Crippen LogP contribution in [0.15, 0.2) is 77.7 Å². The fourth-order valence-corrected chi connectivity index (χ4v) is 5.76. The Kier molecular flexibility index (Phi) is 10.1. The van der Waals surface area contributed by atoms with Crippen LogP contribution in [-0.4, -0.2) is 43.8 Å². The predicted molar refractivity (Wildman–Crippen MR) is 152 cm³/mol. The Bertz CT molecular complexity index is 1360. The van der Waals surface area contributed by atoms with Crippen LogP contribution in [0.1, 0.15) is 26.3 Å². The molecule has 3 aromatic rings. The van der Waals surface area contributed by atoms with E-state index < -0.39 is 34.4 Å². The first-order valence-electron chi connectivity index (χ1n) is 11.8. The Morgan fingerprint density at radius 1 is 0.842 bits per heavy atom. The van der Waals surface area contributed by atoms with Crippen molar-refractivity contribution in [1.29, 1.82) is 0 Å². The van der Waals surface area contributed by atoms with E-state index in [0.717, 1.165) is 4.31 Å². The number of anilines is 1. The predicted octanol–water partition coefficient (Wildman–Crippen LogP) is 5.78. The zero-order valence-electron chi connectivity index (χ0n) is 21.1. The van der Waals surface area contributed by atoms with Crippen molar-refractivity contribution in [2.24, 2.45) is 0 Å². The Balaban J connectivity index is 2.04. The molecule has 0 unspecified atom stereocenters. The SMILES string of the molecule is CC(C)NC(=O)[C@@H](C)N(Cc1c(Cl)cccc1Cl)C(=O)CN(c1ccccc1)S(=O)(=O)c1ccc(Cl)cc1. The molecular formula is C27H28Cl3N3O4S. The highest BCUT2D eigenvalue weighted by Crippen LogP contribution is 2.28. The van der Waals surface area contributed by atoms with Gasteiger partial charge >= 0.3 is 0 Å². The van der Waals surface area contributed by atoms with Crippen LogP contribution < -0.4 is 9.62 Å². The van der Waals surface area contributed by atoms with E-state index in [1.54, 1.807) is 69.3 Å². The van der Waals surface area contributed by atoms with Crippen LogP contribution in [0.2, 0.25) is 15.1 Å². The first-order valence-corrected chi connectivity index (χ1v) is 14.3. The second-order valence-corrected chi connectivity index (χ2v) is 12.0. The van der Waals surface area contributed by atoms with Crippen molar-refractivity contribution >= 4 is 62.3 Å². The van der Waals surface area contributed by atoms with E-state index in [9.17, 15) is 18.0 Å². The van der Waals surface area contributed by atoms with Gasteiger partial charge in [-0.05, 0) is 69.3 Å². The van der Waals surface area contributed by atoms with E-state index in [0.29, 0.717) is 20.6 Å². The van der Waals surface area contributed by atoms with E-state index in [-0.39, 0.29) is 23.2 Å². The summed E-state index contributed by atoms with van der Waals surface area (Å²) in [5.41, 5.74) is 0.728. The van der Waals surface area contributed by atoms with Gasteiger partial charge in [0.25, 0.3) is 10.0 Å². The second kappa shape index (κ2) is 12.8. The lowest BCUT2D eigenvalue weighted by atomic mass is 10.1. The number of rotatable bonds is 10. The Morgan fingerprint density at radius 2 is 1.42 bits per heavy atom. The largest absolute Gasteiger partial charge is 0.352 e. The average molecular weight is 597 g/mol. The molecule has 3 rings (SSSR count). The molecule has 0 fully saturated rings. The molecule has 0 heterocycles. The van der Waals surface area contributed by atoms with Gasteiger partial charge in [-0.2, -0.15) is 0 Å². The van der Waals surface area contributed by atoms with Crippen molar-refractivity contribution in [3.63, 3.8) is 0 Å². The summed E-state index contributed by atoms with van der Waals surface area (Å²) < 4.78 is 28.4. The van der Waals surface area contributed by atoms with Crippen LogP contribution in [0.4, 0.5) is 5.69 Å². The molecular weight excluding hydrogens is 569 g/mol. The van der Waals surface area contributed by atoms with Gasteiger partial charge in [0.05, 0.1) is 10.6 Å². The Labute approximate surface area is 238 Å². The van der Waals surface area contributed by atoms with Crippen LogP contribution in [0, 0.1) is 0 Å². The maximum Gasteiger partial charge on any atom is 0.264 e. The minimum absolute atomic E-state index is 0.0372. The molecule has 0 radical (unpaired) electrons. The summed E-state index contributed by atoms with van der Waals surface area (Å²) in [6.45, 7) is 4.50. The van der Waals surface area contributed by atoms with E-state index in [4.69, 9.17) is 34.8 Å². The normalized spacial score (nSPS) is 12.2. The number of nitrogens with zero attached hydrogens (tertiary/aromatic N) is 2. The number of benzene rings is 3. The number of sulfonamides is 1. The fraction of sp³-hybridized carbons (Fsp3) is 0.259. The van der Waals surface area contributed by atoms with Gasteiger partial charge in [0.15, 0.2) is 0 Å². The van der Waals surface area contributed by atoms with Gasteiger partial charge in [0.2, 0.25) is 11.8 Å². The quantitative estimate of drug-likeness (QED) is 0.321. The minimum atomic E-state index is -4.18. The standard InChI is InChI=1S/C27H28Cl3N3O4S/c1-18(2)31-27(35)19(3)32(16-23-24(29)10-7-11-25(23)30)26(34)17-33(21-8-5-4-6-9-21)38(36,37)22-14-12-20(28)13-15-22/h4-15,18-19H,16-17H2,1-3H3,(H,31,35)/t19-/m1/s1. The third-order valence-corrected chi connectivity index (χ3v) is 8.46. The van der Waals surface area contributed by atoms with Gasteiger partial charge < -0.3 is 10.2 Å². The highest BCUT2D eigenvalue weighted by atomic mass is 35.5. The molecule has 3 aromatic carbocycles. The molecule has 0 saturated carbocycles. The molecule has 0 aliphatic rings. The van der Waals surface area contributed by atoms with Crippen LogP contribution in [0.25, 0.3) is 0 Å². The monoisotopic (exact) mass is 595 g/mol. The summed E-state index contributed by atoms with van der Waals surface area (Å²) in [6.07, 6.45) is 0. The number of halogens is 3. The number of para-hydroxylation sites is 1. The molecule has 7 nitrogen and oxygen atoms in total. The Morgan fingerprint density at radius 3 is 1.97 bits per heavy atom. The summed E-state index contributed by atoms with van der Waals surface area (Å²) in [4.78, 5) is 28.0. The van der Waals surface area contributed by atoms with Crippen LogP contribution >= 0.6 is 34.8 Å². The molecule has 1 N–H and O–H groups in total. The molecule has 0 aliphatic heterocycles. The molecule has 0 bridgehead atoms. The maximum atomic E-state index is 13.9. The lowest BCUT2D eigenvalue weighted by molar-refractivity contribution is -0.139. The third kappa shape index (κ3) is 7.20. The molecule has 0 aliphatic carbocycles. The fourth-order valence-electron chi connectivity index (χ4n) is 3.70. The van der Waals surface area contributed by atoms with Gasteiger partial charge in [0, 0.05) is 33.2 Å². The average Bonchev–Trinajstić information content (AvgIpc) is 2.87. The van der Waals surface area contributed by atoms with Crippen molar-refractivity contribution in [3.05, 3.63) is 93.4 Å². The summed E-state index contributed by atoms with van der Waals surface area (Å²) in [5, 5.41) is 3.81. The van der Waals surface area contributed by atoms with Crippen molar-refractivity contribution in [2.45, 2.75) is 44.3 Å². The van der Waals surface area contributed by atoms with Gasteiger partial charge in [0.1, 0.15) is 12.6 Å². The van der Waals surface area contributed by atoms with Crippen molar-refractivity contribution in [2.75, 3.05) is 10.8 Å². The van der Waals surface area contributed by atoms with Crippen molar-refractivity contribution in [1.82, 2.24) is 10.2 Å². The van der Waals surface area contributed by atoms with E-state index in [2.05, 4.69) is 5.32 Å². The van der Waals surface area contributed by atoms with Gasteiger partial charge in [-0.3, -0.25) is 13.9 Å². The van der Waals surface area contributed by atoms with Crippen molar-refractivity contribution in [3.8, 4) is 0 Å². The van der Waals surface area contributed by atoms with Gasteiger partial charge in [-0.1, -0.05) is 59.1 Å². The molecule has 0 aromatic heterocycles. The van der Waals surface area contributed by atoms with Crippen LogP contribution in [0.5, 0.6) is 0 Å². The summed E-state index contributed by atoms with van der Waals surface area (Å²) >= 11 is 18.7. The van der Waals surface area contributed by atoms with Gasteiger partial charge in [-0.15, -0.1) is 0 Å². The third-order valence-electron chi connectivity index (χ3n) is 5.71. The number of nitrogens with one attached hydrogen (secondary N) is 1. The Hall–Kier alpha value is -2.78. The molecule has 1 atom stereocenters. The zero-order valence-corrected chi connectivity index (χ0v) is 24.2. The van der Waals surface area contributed by atoms with Crippen molar-refractivity contribution < 1.29 is 18.0 Å². The van der Waals surface area contributed by atoms with Crippen LogP contribution in [-0.2, 0) is 26.2 Å². The van der Waals surface area contributed by atoms with Gasteiger partial charge in [-0.25, -0.2) is 8.42 Å². The molecule has 0 spiro atoms. The topological polar surface area (TPSA) is 86.8 Å². The smallest absolute Gasteiger partial charge is 0.264 e. The first kappa shape index (κ1) is 29.8. The minimum Gasteiger partial charge on any atom is -0.352 e. The summed E-state index contributed by atoms with van der Waals surface area (Å²) in [6, 6.07) is 17.7. The molecule has 11 heteroatoms. The second-order valence-electron chi connectivity index (χ2n) is 8.86. The lowest BCUT2D eigenvalue weighted by Crippen LogP contribution is -2.52. The molecule has 2 amide bonds. The number of carbonyl (C=O) groups is 2. The van der Waals surface area contributed by atoms with E-state index >= 15 is 0 Å². The molecule has 0 saturated heterocycles. The van der Waals surface area contributed by atoms with E-state index in [1.807, 2.05) is 0 Å². The molecule has 38 heavy (non-hydrogen) atoms. The highest BCUT2D eigenvalue weighted by molar-refractivity contribution is 7.92. The first-order chi connectivity index (χ1) is 17.9.